The van der Waals surface area contributed by atoms with Crippen LogP contribution >= 0.6 is 0 Å². The van der Waals surface area contributed by atoms with E-state index in [9.17, 15) is 0 Å². The fourth-order valence-corrected chi connectivity index (χ4v) is 2.98. The number of rotatable bonds is 2. The molecule has 1 heterocycles. The van der Waals surface area contributed by atoms with E-state index in [0.29, 0.717) is 0 Å². The highest BCUT2D eigenvalue weighted by Gasteiger charge is 2.32. The molecule has 1 nitrogen and oxygen atoms in total. The molecular weight excluding hydrogens is 218 g/mol. The second kappa shape index (κ2) is 5.11. The molecule has 18 heavy (non-hydrogen) atoms. The smallest absolute Gasteiger partial charge is 0.0225 e. The van der Waals surface area contributed by atoms with Crippen molar-refractivity contribution >= 4 is 0 Å². The van der Waals surface area contributed by atoms with Crippen molar-refractivity contribution in [3.8, 4) is 0 Å². The first kappa shape index (κ1) is 15.3. The van der Waals surface area contributed by atoms with Crippen molar-refractivity contribution in [3.05, 3.63) is 23.0 Å². The van der Waals surface area contributed by atoms with E-state index < -0.39 is 0 Å². The van der Waals surface area contributed by atoms with Crippen molar-refractivity contribution in [3.63, 3.8) is 0 Å². The Morgan fingerprint density at radius 2 is 1.61 bits per heavy atom. The minimum Gasteiger partial charge on any atom is -0.354 e. The summed E-state index contributed by atoms with van der Waals surface area (Å²) in [6, 6.07) is 0. The van der Waals surface area contributed by atoms with E-state index in [0.717, 1.165) is 6.42 Å². The molecule has 1 rings (SSSR count). The van der Waals surface area contributed by atoms with E-state index in [1.165, 1.54) is 18.5 Å². The maximum absolute atomic E-state index is 2.37. The summed E-state index contributed by atoms with van der Waals surface area (Å²) < 4.78 is 0. The van der Waals surface area contributed by atoms with Gasteiger partial charge in [-0.1, -0.05) is 54.9 Å². The Morgan fingerprint density at radius 1 is 1.06 bits per heavy atom. The molecule has 1 aliphatic heterocycles. The molecule has 0 spiro atoms. The molecule has 0 fully saturated rings. The summed E-state index contributed by atoms with van der Waals surface area (Å²) >= 11 is 0. The summed E-state index contributed by atoms with van der Waals surface area (Å²) in [5.41, 5.74) is 5.17. The zero-order chi connectivity index (χ0) is 14.1. The topological polar surface area (TPSA) is 3.24 Å². The predicted octanol–water partition coefficient (Wildman–Crippen LogP) is 5.35. The van der Waals surface area contributed by atoms with Crippen LogP contribution in [0.15, 0.2) is 23.0 Å². The van der Waals surface area contributed by atoms with Crippen LogP contribution in [0.2, 0.25) is 0 Å². The van der Waals surface area contributed by atoms with Gasteiger partial charge in [-0.3, -0.25) is 0 Å². The van der Waals surface area contributed by atoms with Gasteiger partial charge < -0.3 is 4.90 Å². The molecule has 0 bridgehead atoms. The highest BCUT2D eigenvalue weighted by atomic mass is 15.1. The summed E-state index contributed by atoms with van der Waals surface area (Å²) in [7, 11) is 2.21. The summed E-state index contributed by atoms with van der Waals surface area (Å²) in [5, 5.41) is 0. The van der Waals surface area contributed by atoms with Crippen LogP contribution < -0.4 is 0 Å². The third-order valence-corrected chi connectivity index (χ3v) is 3.61. The first-order chi connectivity index (χ1) is 8.07. The van der Waals surface area contributed by atoms with Gasteiger partial charge in [0.1, 0.15) is 0 Å². The first-order valence-corrected chi connectivity index (χ1v) is 7.24. The summed E-state index contributed by atoms with van der Waals surface area (Å²) in [6.07, 6.45) is 5.98. The molecule has 1 aliphatic rings. The molecule has 0 atom stereocenters. The van der Waals surface area contributed by atoms with Crippen molar-refractivity contribution in [1.29, 1.82) is 0 Å². The molecule has 0 aromatic carbocycles. The summed E-state index contributed by atoms with van der Waals surface area (Å²) in [5.74, 6) is 0. The normalized spacial score (nSPS) is 18.2. The van der Waals surface area contributed by atoms with E-state index >= 15 is 0 Å². The van der Waals surface area contributed by atoms with Gasteiger partial charge in [-0.15, -0.1) is 0 Å². The van der Waals surface area contributed by atoms with Crippen LogP contribution in [0.3, 0.4) is 0 Å². The average molecular weight is 249 g/mol. The second-order valence-electron chi connectivity index (χ2n) is 7.65. The minimum atomic E-state index is 0.214. The van der Waals surface area contributed by atoms with E-state index in [4.69, 9.17) is 0 Å². The fourth-order valence-electron chi connectivity index (χ4n) is 2.98. The van der Waals surface area contributed by atoms with Crippen molar-refractivity contribution in [2.24, 2.45) is 10.8 Å². The maximum atomic E-state index is 2.37. The molecule has 0 radical (unpaired) electrons. The fraction of sp³-hybridized carbons (Fsp3) is 0.765. The van der Waals surface area contributed by atoms with Gasteiger partial charge in [-0.25, -0.2) is 0 Å². The SMILES string of the molecule is CCCC1=CN(C)C(C(C)(C)C)=C(C(C)(C)C)C1. The van der Waals surface area contributed by atoms with Gasteiger partial charge >= 0.3 is 0 Å². The van der Waals surface area contributed by atoms with Crippen LogP contribution in [0.5, 0.6) is 0 Å². The lowest BCUT2D eigenvalue weighted by molar-refractivity contribution is 0.330. The maximum Gasteiger partial charge on any atom is 0.0225 e. The lowest BCUT2D eigenvalue weighted by Crippen LogP contribution is -2.31. The Morgan fingerprint density at radius 3 is 2.00 bits per heavy atom. The van der Waals surface area contributed by atoms with Crippen LogP contribution in [0.25, 0.3) is 0 Å². The van der Waals surface area contributed by atoms with Crippen molar-refractivity contribution in [1.82, 2.24) is 4.90 Å². The van der Waals surface area contributed by atoms with E-state index in [1.807, 2.05) is 0 Å². The predicted molar refractivity (Wildman–Crippen MR) is 81.3 cm³/mol. The van der Waals surface area contributed by atoms with Crippen molar-refractivity contribution < 1.29 is 0 Å². The Kier molecular flexibility index (Phi) is 4.35. The van der Waals surface area contributed by atoms with Gasteiger partial charge in [-0.05, 0) is 29.4 Å². The Labute approximate surface area is 114 Å². The lowest BCUT2D eigenvalue weighted by atomic mass is 9.74. The molecule has 0 amide bonds. The zero-order valence-corrected chi connectivity index (χ0v) is 13.6. The number of hydrogen-bond acceptors (Lipinski definition) is 1. The van der Waals surface area contributed by atoms with Crippen molar-refractivity contribution in [2.45, 2.75) is 67.7 Å². The Bertz CT molecular complexity index is 358. The highest BCUT2D eigenvalue weighted by molar-refractivity contribution is 5.33. The molecule has 0 aliphatic carbocycles. The standard InChI is InChI=1S/C17H31N/c1-9-10-13-11-14(16(2,3)4)15(17(5,6)7)18(8)12-13/h12H,9-11H2,1-8H3. The molecule has 0 saturated heterocycles. The average Bonchev–Trinajstić information content (AvgIpc) is 2.13. The van der Waals surface area contributed by atoms with Gasteiger partial charge in [-0.2, -0.15) is 0 Å². The largest absolute Gasteiger partial charge is 0.354 e. The van der Waals surface area contributed by atoms with Gasteiger partial charge in [0.25, 0.3) is 0 Å². The molecular formula is C17H31N. The van der Waals surface area contributed by atoms with Crippen molar-refractivity contribution in [2.75, 3.05) is 7.05 Å². The molecule has 0 saturated carbocycles. The zero-order valence-electron chi connectivity index (χ0n) is 13.6. The van der Waals surface area contributed by atoms with Gasteiger partial charge in [0.15, 0.2) is 0 Å². The third-order valence-electron chi connectivity index (χ3n) is 3.61. The number of nitrogens with zero attached hydrogens (tertiary/aromatic N) is 1. The lowest BCUT2D eigenvalue weighted by Gasteiger charge is -2.41. The molecule has 0 aromatic rings. The molecule has 104 valence electrons. The third kappa shape index (κ3) is 3.40. The van der Waals surface area contributed by atoms with E-state index in [1.54, 1.807) is 11.1 Å². The van der Waals surface area contributed by atoms with Crippen LogP contribution in [0.4, 0.5) is 0 Å². The van der Waals surface area contributed by atoms with Gasteiger partial charge in [0, 0.05) is 24.4 Å². The van der Waals surface area contributed by atoms with Gasteiger partial charge in [0.05, 0.1) is 0 Å². The quantitative estimate of drug-likeness (QED) is 0.637. The van der Waals surface area contributed by atoms with Crippen LogP contribution in [-0.4, -0.2) is 11.9 Å². The summed E-state index contributed by atoms with van der Waals surface area (Å²) in [4.78, 5) is 2.37. The second-order valence-corrected chi connectivity index (χ2v) is 7.65. The summed E-state index contributed by atoms with van der Waals surface area (Å²) in [6.45, 7) is 16.3. The van der Waals surface area contributed by atoms with Crippen LogP contribution in [-0.2, 0) is 0 Å². The molecule has 0 unspecified atom stereocenters. The van der Waals surface area contributed by atoms with Crippen LogP contribution in [0, 0.1) is 10.8 Å². The number of hydrogen-bond donors (Lipinski definition) is 0. The highest BCUT2D eigenvalue weighted by Crippen LogP contribution is 2.44. The monoisotopic (exact) mass is 249 g/mol. The van der Waals surface area contributed by atoms with E-state index in [-0.39, 0.29) is 10.8 Å². The van der Waals surface area contributed by atoms with Gasteiger partial charge in [0.2, 0.25) is 0 Å². The number of allylic oxidation sites excluding steroid dienone is 3. The first-order valence-electron chi connectivity index (χ1n) is 7.24. The molecule has 1 heteroatoms. The van der Waals surface area contributed by atoms with E-state index in [2.05, 4.69) is 66.6 Å². The Balaban J connectivity index is 3.23. The molecule has 0 N–H and O–H groups in total. The molecule has 0 aromatic heterocycles. The minimum absolute atomic E-state index is 0.214. The Hall–Kier alpha value is -0.720. The van der Waals surface area contributed by atoms with Crippen LogP contribution in [0.1, 0.15) is 67.7 Å².